The minimum absolute atomic E-state index is 0.745. The molecule has 0 rings (SSSR count). The molecule has 4 heavy (non-hydrogen) atoms. The Kier molecular flexibility index (Phi) is 3.66. The van der Waals surface area contributed by atoms with E-state index in [1.807, 2.05) is 5.25 Å². The second-order valence-corrected chi connectivity index (χ2v) is 1.29. The molecule has 0 heterocycles. The van der Waals surface area contributed by atoms with E-state index >= 15 is 0 Å². The van der Waals surface area contributed by atoms with Gasteiger partial charge in [-0.2, -0.15) is 0 Å². The topological polar surface area (TPSA) is 0 Å². The fraction of sp³-hybridized carbons (Fsp3) is 0. The zero-order chi connectivity index (χ0) is 3.41. The van der Waals surface area contributed by atoms with Gasteiger partial charge >= 0.3 is 27.9 Å². The molecule has 0 saturated carbocycles. The van der Waals surface area contributed by atoms with Gasteiger partial charge in [-0.3, -0.25) is 0 Å². The molecule has 0 aromatic heterocycles. The van der Waals surface area contributed by atoms with Crippen LogP contribution in [-0.4, -0.2) is 9.85 Å². The Hall–Kier alpha value is 0.357. The van der Waals surface area contributed by atoms with Crippen molar-refractivity contribution in [1.82, 2.24) is 0 Å². The quantitative estimate of drug-likeness (QED) is 0.235. The first-order valence-corrected chi connectivity index (χ1v) is 1.99. The van der Waals surface area contributed by atoms with E-state index in [0.717, 1.165) is 0 Å². The van der Waals surface area contributed by atoms with Gasteiger partial charge in [0.1, 0.15) is 0 Å². The molecule has 0 saturated heterocycles. The average Bonchev–Trinajstić information content (AvgIpc) is 1.37. The van der Waals surface area contributed by atoms with Gasteiger partial charge in [0, 0.05) is 0 Å². The average molecular weight is 90.1 g/mol. The van der Waals surface area contributed by atoms with E-state index in [-0.39, 0.29) is 0 Å². The van der Waals surface area contributed by atoms with Crippen molar-refractivity contribution in [3.8, 4) is 5.25 Å². The van der Waals surface area contributed by atoms with Crippen LogP contribution in [0.3, 0.4) is 0 Å². The molecule has 0 aliphatic rings. The van der Waals surface area contributed by atoms with E-state index in [4.69, 9.17) is 0 Å². The summed E-state index contributed by atoms with van der Waals surface area (Å²) in [5.41, 5.74) is 0. The van der Waals surface area contributed by atoms with E-state index in [1.54, 1.807) is 0 Å². The van der Waals surface area contributed by atoms with Gasteiger partial charge in [-0.25, -0.2) is 0 Å². The Balaban J connectivity index is 2.43. The van der Waals surface area contributed by atoms with Gasteiger partial charge in [-0.05, 0) is 0 Å². The van der Waals surface area contributed by atoms with Crippen LogP contribution in [0.25, 0.3) is 0 Å². The Labute approximate surface area is 28.9 Å². The van der Waals surface area contributed by atoms with Gasteiger partial charge in [0.25, 0.3) is 0 Å². The number of hydrogen-bond donors (Lipinski definition) is 0. The van der Waals surface area contributed by atoms with Crippen molar-refractivity contribution < 1.29 is 4.11 Å². The molecular weight excluding hydrogens is 90.1 g/mol. The number of hydrogen-bond acceptors (Lipinski definition) is 0. The molecule has 0 atom stereocenters. The summed E-state index contributed by atoms with van der Waals surface area (Å²) >= 11 is 0. The molecule has 0 aromatic rings. The van der Waals surface area contributed by atoms with Gasteiger partial charge < -0.3 is 0 Å². The SMILES string of the molecule is F[Si]C#P. The Morgan fingerprint density at radius 3 is 2.25 bits per heavy atom. The summed E-state index contributed by atoms with van der Waals surface area (Å²) < 4.78 is 10.6. The van der Waals surface area contributed by atoms with Crippen molar-refractivity contribution in [2.45, 2.75) is 0 Å². The van der Waals surface area contributed by atoms with Crippen molar-refractivity contribution in [1.29, 1.82) is 0 Å². The third-order valence-electron chi connectivity index (χ3n) is 0.0423. The van der Waals surface area contributed by atoms with Crippen LogP contribution in [0.2, 0.25) is 0 Å². The zero-order valence-electron chi connectivity index (χ0n) is 1.83. The van der Waals surface area contributed by atoms with Crippen molar-refractivity contribution in [3.05, 3.63) is 0 Å². The summed E-state index contributed by atoms with van der Waals surface area (Å²) in [6.07, 6.45) is 0. The second kappa shape index (κ2) is 3.36. The second-order valence-electron chi connectivity index (χ2n) is 0.206. The van der Waals surface area contributed by atoms with Crippen LogP contribution in [0.5, 0.6) is 0 Å². The van der Waals surface area contributed by atoms with Gasteiger partial charge in [-0.1, -0.05) is 0 Å². The van der Waals surface area contributed by atoms with Crippen LogP contribution in [0, 0.1) is 5.25 Å². The summed E-state index contributed by atoms with van der Waals surface area (Å²) in [5.74, 6) is 0. The van der Waals surface area contributed by atoms with E-state index in [2.05, 4.69) is 8.70 Å². The van der Waals surface area contributed by atoms with E-state index < -0.39 is 9.85 Å². The number of rotatable bonds is 0. The molecule has 0 aliphatic heterocycles. The van der Waals surface area contributed by atoms with E-state index in [9.17, 15) is 4.11 Å². The molecule has 0 fully saturated rings. The standard InChI is InChI=1S/CFPSi/c2-4-1-3. The Morgan fingerprint density at radius 2 is 2.25 bits per heavy atom. The molecule has 2 radical (unpaired) electrons. The van der Waals surface area contributed by atoms with Crippen LogP contribution in [0.4, 0.5) is 4.11 Å². The van der Waals surface area contributed by atoms with Crippen LogP contribution >= 0.6 is 8.70 Å². The third-order valence-corrected chi connectivity index (χ3v) is 0.380. The molecular formula is CFPSi. The van der Waals surface area contributed by atoms with Crippen LogP contribution in [0.15, 0.2) is 0 Å². The predicted octanol–water partition coefficient (Wildman–Crippen LogP) is 0.902. The summed E-state index contributed by atoms with van der Waals surface area (Å²) in [6.45, 7) is 0. The Bertz CT molecular complexity index is 37.8. The van der Waals surface area contributed by atoms with E-state index in [1.165, 1.54) is 0 Å². The maximum atomic E-state index is 10.6. The third kappa shape index (κ3) is 2.36. The van der Waals surface area contributed by atoms with Gasteiger partial charge in [0.15, 0.2) is 0 Å². The summed E-state index contributed by atoms with van der Waals surface area (Å²) in [6, 6.07) is 0. The summed E-state index contributed by atoms with van der Waals surface area (Å²) in [4.78, 5) is 0. The molecule has 0 spiro atoms. The van der Waals surface area contributed by atoms with E-state index in [0.29, 0.717) is 0 Å². The van der Waals surface area contributed by atoms with Crippen molar-refractivity contribution in [2.24, 2.45) is 0 Å². The maximum absolute atomic E-state index is 10.6. The first kappa shape index (κ1) is 4.36. The predicted molar refractivity (Wildman–Crippen MR) is 17.7 cm³/mol. The monoisotopic (exact) mass is 89.9 g/mol. The van der Waals surface area contributed by atoms with Crippen LogP contribution in [0.1, 0.15) is 0 Å². The molecule has 3 heteroatoms. The molecule has 20 valence electrons. The molecule has 0 unspecified atom stereocenters. The fourth-order valence-corrected chi connectivity index (χ4v) is 0. The van der Waals surface area contributed by atoms with Crippen molar-refractivity contribution in [3.63, 3.8) is 0 Å². The minimum atomic E-state index is -0.745. The summed E-state index contributed by atoms with van der Waals surface area (Å²) in [5, 5.41) is 1.99. The molecule has 0 bridgehead atoms. The molecule has 0 nitrogen and oxygen atoms in total. The molecule has 0 N–H and O–H groups in total. The zero-order valence-corrected chi connectivity index (χ0v) is 3.72. The fourth-order valence-electron chi connectivity index (χ4n) is 0. The van der Waals surface area contributed by atoms with Gasteiger partial charge in [0.2, 0.25) is 0 Å². The van der Waals surface area contributed by atoms with Crippen LogP contribution < -0.4 is 0 Å². The first-order valence-electron chi connectivity index (χ1n) is 0.663. The van der Waals surface area contributed by atoms with Crippen molar-refractivity contribution in [2.75, 3.05) is 0 Å². The Morgan fingerprint density at radius 1 is 2.00 bits per heavy atom. The first-order chi connectivity index (χ1) is 1.91. The van der Waals surface area contributed by atoms with Gasteiger partial charge in [0.05, 0.1) is 0 Å². The van der Waals surface area contributed by atoms with Crippen molar-refractivity contribution >= 4 is 18.5 Å². The molecule has 0 aliphatic carbocycles. The van der Waals surface area contributed by atoms with Gasteiger partial charge in [-0.15, -0.1) is 0 Å². The summed E-state index contributed by atoms with van der Waals surface area (Å²) in [7, 11) is 2.56. The van der Waals surface area contributed by atoms with Crippen LogP contribution in [-0.2, 0) is 0 Å². The number of halogens is 1. The molecule has 0 amide bonds. The molecule has 0 aromatic carbocycles. The normalized spacial score (nSPS) is 5.00.